The second-order valence-electron chi connectivity index (χ2n) is 7.24. The Balaban J connectivity index is 1.84. The van der Waals surface area contributed by atoms with Crippen molar-refractivity contribution in [3.63, 3.8) is 0 Å². The minimum absolute atomic E-state index is 0.239. The van der Waals surface area contributed by atoms with Gasteiger partial charge in [0.05, 0.1) is 19.2 Å². The molecule has 0 aliphatic rings. The van der Waals surface area contributed by atoms with Gasteiger partial charge in [-0.1, -0.05) is 34.2 Å². The van der Waals surface area contributed by atoms with E-state index in [1.54, 1.807) is 40.6 Å². The minimum atomic E-state index is -0.340. The van der Waals surface area contributed by atoms with E-state index in [2.05, 4.69) is 15.1 Å². The first-order chi connectivity index (χ1) is 15.0. The number of methoxy groups -OCH3 is 1. The van der Waals surface area contributed by atoms with Gasteiger partial charge in [0.2, 0.25) is 5.82 Å². The highest BCUT2D eigenvalue weighted by molar-refractivity contribution is 5.92. The fourth-order valence-corrected chi connectivity index (χ4v) is 3.82. The molecule has 31 heavy (non-hydrogen) atoms. The van der Waals surface area contributed by atoms with Gasteiger partial charge in [-0.2, -0.15) is 0 Å². The second-order valence-corrected chi connectivity index (χ2v) is 7.24. The normalized spacial score (nSPS) is 11.3. The van der Waals surface area contributed by atoms with Crippen LogP contribution in [-0.2, 0) is 6.54 Å². The SMILES string of the molecule is COc1ccccc1-c1c2c(=O)n(Cc3cccc(F)c3)ccc2nc2nc(C)[nH][n+]12. The molecule has 8 heteroatoms. The summed E-state index contributed by atoms with van der Waals surface area (Å²) in [6.07, 6.45) is 1.67. The summed E-state index contributed by atoms with van der Waals surface area (Å²) in [6.45, 7) is 2.07. The van der Waals surface area contributed by atoms with E-state index >= 15 is 0 Å². The molecule has 154 valence electrons. The van der Waals surface area contributed by atoms with E-state index in [9.17, 15) is 9.18 Å². The maximum absolute atomic E-state index is 13.6. The lowest BCUT2D eigenvalue weighted by molar-refractivity contribution is -0.567. The molecule has 3 aromatic heterocycles. The van der Waals surface area contributed by atoms with Crippen molar-refractivity contribution in [2.75, 3.05) is 7.11 Å². The van der Waals surface area contributed by atoms with E-state index in [-0.39, 0.29) is 17.9 Å². The molecule has 5 rings (SSSR count). The van der Waals surface area contributed by atoms with Gasteiger partial charge in [-0.25, -0.2) is 9.49 Å². The van der Waals surface area contributed by atoms with Crippen LogP contribution in [0, 0.1) is 12.7 Å². The third-order valence-electron chi connectivity index (χ3n) is 5.17. The fraction of sp³-hybridized carbons (Fsp3) is 0.130. The van der Waals surface area contributed by atoms with Crippen LogP contribution in [0.25, 0.3) is 27.9 Å². The van der Waals surface area contributed by atoms with Gasteiger partial charge in [0.25, 0.3) is 5.56 Å². The molecule has 0 atom stereocenters. The third-order valence-corrected chi connectivity index (χ3v) is 5.17. The molecule has 2 aromatic carbocycles. The average molecular weight is 416 g/mol. The van der Waals surface area contributed by atoms with Crippen molar-refractivity contribution in [2.24, 2.45) is 0 Å². The zero-order valence-corrected chi connectivity index (χ0v) is 17.0. The molecule has 7 nitrogen and oxygen atoms in total. The molecule has 0 bridgehead atoms. The van der Waals surface area contributed by atoms with Crippen molar-refractivity contribution >= 4 is 16.7 Å². The minimum Gasteiger partial charge on any atom is -0.496 e. The number of para-hydroxylation sites is 1. The Morgan fingerprint density at radius 1 is 1.13 bits per heavy atom. The van der Waals surface area contributed by atoms with Crippen LogP contribution < -0.4 is 14.8 Å². The summed E-state index contributed by atoms with van der Waals surface area (Å²) in [5.74, 6) is 1.40. The van der Waals surface area contributed by atoms with Crippen molar-refractivity contribution < 1.29 is 13.6 Å². The Morgan fingerprint density at radius 3 is 2.77 bits per heavy atom. The lowest BCUT2D eigenvalue weighted by atomic mass is 10.1. The number of halogens is 1. The van der Waals surface area contributed by atoms with Crippen LogP contribution in [-0.4, -0.2) is 26.7 Å². The molecule has 0 spiro atoms. The number of aromatic amines is 1. The van der Waals surface area contributed by atoms with E-state index in [4.69, 9.17) is 4.74 Å². The number of fused-ring (bicyclic) bond motifs is 2. The summed E-state index contributed by atoms with van der Waals surface area (Å²) in [5.41, 5.74) is 2.32. The van der Waals surface area contributed by atoms with Gasteiger partial charge >= 0.3 is 5.78 Å². The van der Waals surface area contributed by atoms with E-state index in [0.717, 1.165) is 5.56 Å². The molecule has 0 unspecified atom stereocenters. The predicted octanol–water partition coefficient (Wildman–Crippen LogP) is 3.03. The molecule has 0 radical (unpaired) electrons. The van der Waals surface area contributed by atoms with Gasteiger partial charge in [-0.3, -0.25) is 4.79 Å². The van der Waals surface area contributed by atoms with Gasteiger partial charge in [0.15, 0.2) is 11.2 Å². The molecule has 3 heterocycles. The second kappa shape index (κ2) is 7.32. The van der Waals surface area contributed by atoms with Crippen molar-refractivity contribution in [2.45, 2.75) is 13.5 Å². The summed E-state index contributed by atoms with van der Waals surface area (Å²) in [6, 6.07) is 15.5. The van der Waals surface area contributed by atoms with Gasteiger partial charge < -0.3 is 9.30 Å². The van der Waals surface area contributed by atoms with Gasteiger partial charge in [0.1, 0.15) is 17.0 Å². The highest BCUT2D eigenvalue weighted by Crippen LogP contribution is 2.30. The largest absolute Gasteiger partial charge is 0.496 e. The fourth-order valence-electron chi connectivity index (χ4n) is 3.82. The Bertz CT molecular complexity index is 1510. The molecule has 0 aliphatic carbocycles. The lowest BCUT2D eigenvalue weighted by Gasteiger charge is -2.11. The van der Waals surface area contributed by atoms with Crippen molar-refractivity contribution in [3.8, 4) is 17.0 Å². The topological polar surface area (TPSA) is 76.9 Å². The van der Waals surface area contributed by atoms with E-state index in [0.29, 0.717) is 39.5 Å². The first-order valence-corrected chi connectivity index (χ1v) is 9.74. The number of pyridine rings is 1. The maximum Gasteiger partial charge on any atom is 0.458 e. The Morgan fingerprint density at radius 2 is 1.97 bits per heavy atom. The van der Waals surface area contributed by atoms with E-state index < -0.39 is 0 Å². The van der Waals surface area contributed by atoms with Crippen molar-refractivity contribution in [1.29, 1.82) is 0 Å². The van der Waals surface area contributed by atoms with Gasteiger partial charge in [-0.15, -0.1) is 4.52 Å². The molecule has 0 amide bonds. The summed E-state index contributed by atoms with van der Waals surface area (Å²) in [7, 11) is 1.59. The first kappa shape index (κ1) is 18.9. The number of hydrogen-bond donors (Lipinski definition) is 1. The van der Waals surface area contributed by atoms with Gasteiger partial charge in [-0.05, 0) is 35.9 Å². The van der Waals surface area contributed by atoms with Crippen LogP contribution in [0.2, 0.25) is 0 Å². The molecule has 5 aromatic rings. The third kappa shape index (κ3) is 3.22. The van der Waals surface area contributed by atoms with Crippen LogP contribution in [0.1, 0.15) is 11.4 Å². The highest BCUT2D eigenvalue weighted by Gasteiger charge is 2.25. The number of rotatable bonds is 4. The average Bonchev–Trinajstić information content (AvgIpc) is 3.14. The number of nitrogens with zero attached hydrogens (tertiary/aromatic N) is 4. The van der Waals surface area contributed by atoms with Crippen molar-refractivity contribution in [3.05, 3.63) is 88.4 Å². The van der Waals surface area contributed by atoms with E-state index in [1.165, 1.54) is 12.1 Å². The molecule has 0 aliphatic heterocycles. The molecular formula is C23H19FN5O2+. The monoisotopic (exact) mass is 416 g/mol. The lowest BCUT2D eigenvalue weighted by Crippen LogP contribution is -2.32. The number of benzene rings is 2. The number of H-pyrrole nitrogens is 1. The summed E-state index contributed by atoms with van der Waals surface area (Å²) in [4.78, 5) is 22.6. The highest BCUT2D eigenvalue weighted by atomic mass is 19.1. The smallest absolute Gasteiger partial charge is 0.458 e. The Hall–Kier alpha value is -4.07. The number of hydrogen-bond acceptors (Lipinski definition) is 4. The summed E-state index contributed by atoms with van der Waals surface area (Å²) in [5, 5.41) is 3.58. The number of aryl methyl sites for hydroxylation is 1. The zero-order chi connectivity index (χ0) is 21.5. The quantitative estimate of drug-likeness (QED) is 0.457. The van der Waals surface area contributed by atoms with Crippen LogP contribution in [0.15, 0.2) is 65.6 Å². The number of nitrogens with one attached hydrogen (secondary N) is 1. The Labute approximate surface area is 176 Å². The molecule has 0 saturated heterocycles. The van der Waals surface area contributed by atoms with E-state index in [1.807, 2.05) is 31.2 Å². The van der Waals surface area contributed by atoms with Crippen LogP contribution in [0.3, 0.4) is 0 Å². The predicted molar refractivity (Wildman–Crippen MR) is 114 cm³/mol. The van der Waals surface area contributed by atoms with Crippen LogP contribution in [0.4, 0.5) is 4.39 Å². The molecule has 0 saturated carbocycles. The molecular weight excluding hydrogens is 397 g/mol. The maximum atomic E-state index is 13.6. The van der Waals surface area contributed by atoms with Crippen LogP contribution in [0.5, 0.6) is 5.75 Å². The van der Waals surface area contributed by atoms with Crippen molar-refractivity contribution in [1.82, 2.24) is 19.6 Å². The summed E-state index contributed by atoms with van der Waals surface area (Å²) < 4.78 is 22.5. The van der Waals surface area contributed by atoms with Gasteiger partial charge in [0, 0.05) is 13.1 Å². The zero-order valence-electron chi connectivity index (χ0n) is 17.0. The first-order valence-electron chi connectivity index (χ1n) is 9.74. The summed E-state index contributed by atoms with van der Waals surface area (Å²) >= 11 is 0. The Kier molecular flexibility index (Phi) is 4.47. The number of ether oxygens (including phenoxy) is 1. The van der Waals surface area contributed by atoms with Crippen LogP contribution >= 0.6 is 0 Å². The molecule has 0 fully saturated rings. The number of aromatic nitrogens is 5. The standard InChI is InChI=1S/C23H18FN5O2/c1-14-25-23-26-18-10-11-28(13-15-6-5-7-16(24)12-15)22(30)20(18)21(29(23)27-14)17-8-3-4-9-19(17)31-2/h3-12H,13H2,1-2H3/p+1. The molecule has 1 N–H and O–H groups in total.